The molecule has 3 aliphatic carbocycles. The summed E-state index contributed by atoms with van der Waals surface area (Å²) in [5.41, 5.74) is 0.900. The van der Waals surface area contributed by atoms with Gasteiger partial charge in [-0.25, -0.2) is 0 Å². The Morgan fingerprint density at radius 1 is 1.00 bits per heavy atom. The van der Waals surface area contributed by atoms with Crippen molar-refractivity contribution in [3.8, 4) is 0 Å². The van der Waals surface area contributed by atoms with Gasteiger partial charge >= 0.3 is 0 Å². The second-order valence-electron chi connectivity index (χ2n) is 5.52. The zero-order valence-corrected chi connectivity index (χ0v) is 8.18. The van der Waals surface area contributed by atoms with Crippen molar-refractivity contribution in [2.45, 2.75) is 51.9 Å². The lowest BCUT2D eigenvalue weighted by molar-refractivity contribution is -0.0796. The van der Waals surface area contributed by atoms with E-state index in [0.717, 1.165) is 23.2 Å². The quantitative estimate of drug-likeness (QED) is 0.513. The summed E-state index contributed by atoms with van der Waals surface area (Å²) in [4.78, 5) is 0. The first-order chi connectivity index (χ1) is 5.83. The smallest absolute Gasteiger partial charge is 0.0238 e. The molecule has 0 aromatic carbocycles. The Balaban J connectivity index is 1.90. The first-order valence-electron chi connectivity index (χ1n) is 5.83. The molecule has 0 N–H and O–H groups in total. The highest BCUT2D eigenvalue weighted by atomic mass is 14.6. The standard InChI is InChI=1S/C12H20/c1-9-4-5-10-3-2-7-12(10)8-6-11(9)12/h9-11H,2-8H2,1H3. The van der Waals surface area contributed by atoms with Crippen molar-refractivity contribution in [2.24, 2.45) is 23.2 Å². The van der Waals surface area contributed by atoms with Gasteiger partial charge in [0.05, 0.1) is 0 Å². The molecule has 0 amide bonds. The molecular weight excluding hydrogens is 144 g/mol. The molecule has 0 heteroatoms. The highest BCUT2D eigenvalue weighted by molar-refractivity contribution is 5.07. The van der Waals surface area contributed by atoms with Gasteiger partial charge in [0.2, 0.25) is 0 Å². The molecule has 3 aliphatic rings. The molecule has 0 radical (unpaired) electrons. The van der Waals surface area contributed by atoms with Gasteiger partial charge in [-0.1, -0.05) is 19.8 Å². The van der Waals surface area contributed by atoms with E-state index in [-0.39, 0.29) is 0 Å². The highest BCUT2D eigenvalue weighted by Crippen LogP contribution is 2.66. The van der Waals surface area contributed by atoms with E-state index in [0.29, 0.717) is 0 Å². The van der Waals surface area contributed by atoms with Crippen molar-refractivity contribution >= 4 is 0 Å². The van der Waals surface area contributed by atoms with Crippen LogP contribution in [0.5, 0.6) is 0 Å². The Kier molecular flexibility index (Phi) is 1.40. The second-order valence-corrected chi connectivity index (χ2v) is 5.52. The molecule has 0 aromatic rings. The molecule has 0 aliphatic heterocycles. The molecular formula is C12H20. The highest BCUT2D eigenvalue weighted by Gasteiger charge is 2.57. The van der Waals surface area contributed by atoms with Crippen molar-refractivity contribution < 1.29 is 0 Å². The Hall–Kier alpha value is 0. The van der Waals surface area contributed by atoms with Crippen LogP contribution in [-0.2, 0) is 0 Å². The third kappa shape index (κ3) is 0.701. The zero-order chi connectivity index (χ0) is 8.18. The van der Waals surface area contributed by atoms with E-state index in [1.807, 2.05) is 0 Å². The van der Waals surface area contributed by atoms with Crippen LogP contribution in [0.25, 0.3) is 0 Å². The third-order valence-corrected chi connectivity index (χ3v) is 5.32. The molecule has 12 heavy (non-hydrogen) atoms. The third-order valence-electron chi connectivity index (χ3n) is 5.32. The van der Waals surface area contributed by atoms with Crippen LogP contribution in [0.3, 0.4) is 0 Å². The minimum absolute atomic E-state index is 0.900. The summed E-state index contributed by atoms with van der Waals surface area (Å²) in [7, 11) is 0. The number of rotatable bonds is 0. The van der Waals surface area contributed by atoms with Gasteiger partial charge in [-0.3, -0.25) is 0 Å². The maximum atomic E-state index is 2.50. The molecule has 1 spiro atoms. The predicted octanol–water partition coefficient (Wildman–Crippen LogP) is 3.61. The fourth-order valence-corrected chi connectivity index (χ4v) is 4.62. The monoisotopic (exact) mass is 164 g/mol. The molecule has 3 saturated carbocycles. The Bertz CT molecular complexity index is 196. The largest absolute Gasteiger partial charge is 0.0622 e. The van der Waals surface area contributed by atoms with Crippen LogP contribution >= 0.6 is 0 Å². The van der Waals surface area contributed by atoms with Crippen molar-refractivity contribution in [3.05, 3.63) is 0 Å². The average Bonchev–Trinajstić information content (AvgIpc) is 2.42. The van der Waals surface area contributed by atoms with E-state index in [9.17, 15) is 0 Å². The van der Waals surface area contributed by atoms with Gasteiger partial charge < -0.3 is 0 Å². The SMILES string of the molecule is CC1CCC2CCCC23CCC13. The maximum Gasteiger partial charge on any atom is -0.0238 e. The summed E-state index contributed by atoms with van der Waals surface area (Å²) in [6, 6.07) is 0. The average molecular weight is 164 g/mol. The molecule has 0 nitrogen and oxygen atoms in total. The number of hydrogen-bond acceptors (Lipinski definition) is 0. The van der Waals surface area contributed by atoms with Crippen LogP contribution in [0, 0.1) is 23.2 Å². The molecule has 0 heterocycles. The molecule has 0 saturated heterocycles. The maximum absolute atomic E-state index is 2.50. The van der Waals surface area contributed by atoms with Crippen LogP contribution in [0.1, 0.15) is 51.9 Å². The first kappa shape index (κ1) is 7.41. The van der Waals surface area contributed by atoms with Gasteiger partial charge in [0.25, 0.3) is 0 Å². The van der Waals surface area contributed by atoms with Gasteiger partial charge in [0.15, 0.2) is 0 Å². The molecule has 0 aromatic heterocycles. The summed E-state index contributed by atoms with van der Waals surface area (Å²) in [5.74, 6) is 3.37. The lowest BCUT2D eigenvalue weighted by atomic mass is 9.47. The van der Waals surface area contributed by atoms with Gasteiger partial charge in [-0.15, -0.1) is 0 Å². The number of hydrogen-bond donors (Lipinski definition) is 0. The van der Waals surface area contributed by atoms with Crippen LogP contribution < -0.4 is 0 Å². The first-order valence-corrected chi connectivity index (χ1v) is 5.83. The minimum Gasteiger partial charge on any atom is -0.0622 e. The van der Waals surface area contributed by atoms with Crippen LogP contribution in [0.2, 0.25) is 0 Å². The lowest BCUT2D eigenvalue weighted by Gasteiger charge is -2.57. The summed E-state index contributed by atoms with van der Waals surface area (Å²) in [6.45, 7) is 2.50. The van der Waals surface area contributed by atoms with E-state index in [1.54, 1.807) is 38.5 Å². The van der Waals surface area contributed by atoms with Crippen LogP contribution in [0.4, 0.5) is 0 Å². The van der Waals surface area contributed by atoms with Crippen molar-refractivity contribution in [1.29, 1.82) is 0 Å². The van der Waals surface area contributed by atoms with E-state index >= 15 is 0 Å². The van der Waals surface area contributed by atoms with Crippen molar-refractivity contribution in [1.82, 2.24) is 0 Å². The van der Waals surface area contributed by atoms with Crippen LogP contribution in [-0.4, -0.2) is 0 Å². The molecule has 4 unspecified atom stereocenters. The normalized spacial score (nSPS) is 57.2. The summed E-state index contributed by atoms with van der Waals surface area (Å²) in [5, 5.41) is 0. The zero-order valence-electron chi connectivity index (χ0n) is 8.18. The topological polar surface area (TPSA) is 0 Å². The summed E-state index contributed by atoms with van der Waals surface area (Å²) in [6.07, 6.45) is 11.0. The summed E-state index contributed by atoms with van der Waals surface area (Å²) >= 11 is 0. The Labute approximate surface area is 75.7 Å². The van der Waals surface area contributed by atoms with Gasteiger partial charge in [-0.2, -0.15) is 0 Å². The Morgan fingerprint density at radius 3 is 2.67 bits per heavy atom. The molecule has 3 fully saturated rings. The van der Waals surface area contributed by atoms with E-state index < -0.39 is 0 Å². The Morgan fingerprint density at radius 2 is 1.92 bits per heavy atom. The van der Waals surface area contributed by atoms with Gasteiger partial charge in [0, 0.05) is 0 Å². The van der Waals surface area contributed by atoms with Crippen LogP contribution in [0.15, 0.2) is 0 Å². The van der Waals surface area contributed by atoms with Crippen molar-refractivity contribution in [3.63, 3.8) is 0 Å². The lowest BCUT2D eigenvalue weighted by Crippen LogP contribution is -2.49. The van der Waals surface area contributed by atoms with Crippen molar-refractivity contribution in [2.75, 3.05) is 0 Å². The fourth-order valence-electron chi connectivity index (χ4n) is 4.62. The van der Waals surface area contributed by atoms with E-state index in [4.69, 9.17) is 0 Å². The van der Waals surface area contributed by atoms with Gasteiger partial charge in [0.1, 0.15) is 0 Å². The van der Waals surface area contributed by atoms with E-state index in [1.165, 1.54) is 6.42 Å². The molecule has 68 valence electrons. The minimum atomic E-state index is 0.900. The predicted molar refractivity (Wildman–Crippen MR) is 50.9 cm³/mol. The molecule has 3 rings (SSSR count). The van der Waals surface area contributed by atoms with Gasteiger partial charge in [-0.05, 0) is 55.3 Å². The molecule has 4 atom stereocenters. The summed E-state index contributed by atoms with van der Waals surface area (Å²) < 4.78 is 0. The molecule has 0 bridgehead atoms. The van der Waals surface area contributed by atoms with E-state index in [2.05, 4.69) is 6.92 Å². The second kappa shape index (κ2) is 2.27. The fraction of sp³-hybridized carbons (Fsp3) is 1.00.